The molecule has 0 aliphatic carbocycles. The fraction of sp³-hybridized carbons (Fsp3) is 0.250. The van der Waals surface area contributed by atoms with E-state index in [-0.39, 0.29) is 5.82 Å². The number of halogens is 1. The average Bonchev–Trinajstić information content (AvgIpc) is 2.85. The molecule has 0 saturated carbocycles. The number of aliphatic imine (C=N–C) groups is 1. The van der Waals surface area contributed by atoms with Crippen LogP contribution in [0.3, 0.4) is 0 Å². The number of rotatable bonds is 5. The summed E-state index contributed by atoms with van der Waals surface area (Å²) in [5, 5.41) is 3.37. The predicted molar refractivity (Wildman–Crippen MR) is 136 cm³/mol. The number of hydrogen-bond acceptors (Lipinski definition) is 5. The third-order valence-corrected chi connectivity index (χ3v) is 6.52. The van der Waals surface area contributed by atoms with Crippen molar-refractivity contribution in [3.05, 3.63) is 95.3 Å². The van der Waals surface area contributed by atoms with Crippen molar-refractivity contribution in [1.29, 1.82) is 0 Å². The van der Waals surface area contributed by atoms with E-state index in [4.69, 9.17) is 9.73 Å². The van der Waals surface area contributed by atoms with Crippen LogP contribution in [0.4, 0.5) is 15.8 Å². The van der Waals surface area contributed by atoms with Crippen LogP contribution in [-0.2, 0) is 6.54 Å². The number of benzene rings is 3. The molecule has 0 radical (unpaired) electrons. The highest BCUT2D eigenvalue weighted by molar-refractivity contribution is 6.08. The number of aryl methyl sites for hydroxylation is 1. The molecule has 1 N–H and O–H groups in total. The van der Waals surface area contributed by atoms with E-state index in [0.717, 1.165) is 77.9 Å². The van der Waals surface area contributed by atoms with Gasteiger partial charge in [-0.05, 0) is 60.5 Å². The molecule has 6 heteroatoms. The second kappa shape index (κ2) is 9.31. The van der Waals surface area contributed by atoms with Crippen LogP contribution in [0.1, 0.15) is 22.3 Å². The van der Waals surface area contributed by atoms with Gasteiger partial charge in [0.2, 0.25) is 0 Å². The monoisotopic (exact) mass is 456 g/mol. The van der Waals surface area contributed by atoms with Gasteiger partial charge in [-0.3, -0.25) is 4.90 Å². The van der Waals surface area contributed by atoms with Gasteiger partial charge in [0, 0.05) is 61.3 Å². The number of amidine groups is 1. The molecule has 3 aromatic rings. The fourth-order valence-corrected chi connectivity index (χ4v) is 4.67. The smallest absolute Gasteiger partial charge is 0.138 e. The Morgan fingerprint density at radius 1 is 1.00 bits per heavy atom. The standard InChI is InChI=1S/C28H29FN4O/c1-19-16-25(34-3)17-26-27(19)20(2)30-28(31-26)22-6-10-24(11-7-22)33-14-12-32(13-15-33)18-21-4-8-23(29)9-5-21/h4-11,16-17H,2,12-15,18H2,1,3H3,(H,30,31). The quantitative estimate of drug-likeness (QED) is 0.579. The molecule has 0 spiro atoms. The molecule has 0 aromatic heterocycles. The summed E-state index contributed by atoms with van der Waals surface area (Å²) in [5.74, 6) is 1.40. The normalized spacial score (nSPS) is 16.0. The van der Waals surface area contributed by atoms with E-state index in [9.17, 15) is 4.39 Å². The number of fused-ring (bicyclic) bond motifs is 1. The van der Waals surface area contributed by atoms with Crippen molar-refractivity contribution >= 4 is 22.9 Å². The summed E-state index contributed by atoms with van der Waals surface area (Å²) in [7, 11) is 1.67. The van der Waals surface area contributed by atoms with Gasteiger partial charge in [0.25, 0.3) is 0 Å². The first-order valence-corrected chi connectivity index (χ1v) is 11.6. The van der Waals surface area contributed by atoms with Gasteiger partial charge >= 0.3 is 0 Å². The molecular weight excluding hydrogens is 427 g/mol. The van der Waals surface area contributed by atoms with Crippen LogP contribution in [-0.4, -0.2) is 44.0 Å². The van der Waals surface area contributed by atoms with Gasteiger partial charge in [-0.25, -0.2) is 9.38 Å². The van der Waals surface area contributed by atoms with Crippen molar-refractivity contribution < 1.29 is 9.13 Å². The Morgan fingerprint density at radius 2 is 1.71 bits per heavy atom. The van der Waals surface area contributed by atoms with Gasteiger partial charge < -0.3 is 15.0 Å². The maximum absolute atomic E-state index is 13.1. The number of hydrogen-bond donors (Lipinski definition) is 1. The van der Waals surface area contributed by atoms with Crippen LogP contribution in [0.15, 0.2) is 72.2 Å². The van der Waals surface area contributed by atoms with E-state index >= 15 is 0 Å². The first kappa shape index (κ1) is 22.2. The maximum atomic E-state index is 13.1. The van der Waals surface area contributed by atoms with Crippen molar-refractivity contribution in [3.8, 4) is 5.75 Å². The highest BCUT2D eigenvalue weighted by Gasteiger charge is 2.21. The number of nitrogens with zero attached hydrogens (tertiary/aromatic N) is 3. The molecule has 2 aliphatic heterocycles. The first-order valence-electron chi connectivity index (χ1n) is 11.6. The molecule has 0 unspecified atom stereocenters. The summed E-state index contributed by atoms with van der Waals surface area (Å²) in [5.41, 5.74) is 7.21. The van der Waals surface area contributed by atoms with Gasteiger partial charge in [0.05, 0.1) is 12.8 Å². The molecule has 5 nitrogen and oxygen atoms in total. The van der Waals surface area contributed by atoms with Crippen LogP contribution in [0, 0.1) is 12.7 Å². The summed E-state index contributed by atoms with van der Waals surface area (Å²) in [4.78, 5) is 9.67. The highest BCUT2D eigenvalue weighted by atomic mass is 19.1. The SMILES string of the molecule is C=C1NC(c2ccc(N3CCN(Cc4ccc(F)cc4)CC3)cc2)=Nc2cc(OC)cc(C)c21. The molecule has 34 heavy (non-hydrogen) atoms. The maximum Gasteiger partial charge on any atom is 0.138 e. The van der Waals surface area contributed by atoms with Crippen LogP contribution < -0.4 is 15.0 Å². The number of nitrogens with one attached hydrogen (secondary N) is 1. The zero-order valence-electron chi connectivity index (χ0n) is 19.6. The lowest BCUT2D eigenvalue weighted by Gasteiger charge is -2.36. The fourth-order valence-electron chi connectivity index (χ4n) is 4.67. The van der Waals surface area contributed by atoms with Crippen LogP contribution >= 0.6 is 0 Å². The van der Waals surface area contributed by atoms with Gasteiger partial charge in [0.15, 0.2) is 0 Å². The molecule has 2 aliphatic rings. The van der Waals surface area contributed by atoms with E-state index in [2.05, 4.69) is 46.0 Å². The Morgan fingerprint density at radius 3 is 2.38 bits per heavy atom. The zero-order chi connectivity index (χ0) is 23.7. The van der Waals surface area contributed by atoms with Crippen molar-refractivity contribution in [2.75, 3.05) is 38.2 Å². The van der Waals surface area contributed by atoms with Crippen molar-refractivity contribution in [2.24, 2.45) is 4.99 Å². The van der Waals surface area contributed by atoms with E-state index in [1.165, 1.54) is 17.8 Å². The zero-order valence-corrected chi connectivity index (χ0v) is 19.6. The van der Waals surface area contributed by atoms with Gasteiger partial charge in [-0.1, -0.05) is 18.7 Å². The summed E-state index contributed by atoms with van der Waals surface area (Å²) in [6, 6.07) is 19.3. The van der Waals surface area contributed by atoms with Crippen LogP contribution in [0.2, 0.25) is 0 Å². The molecule has 0 bridgehead atoms. The van der Waals surface area contributed by atoms with Gasteiger partial charge in [-0.15, -0.1) is 0 Å². The Hall–Kier alpha value is -3.64. The third-order valence-electron chi connectivity index (χ3n) is 6.52. The summed E-state index contributed by atoms with van der Waals surface area (Å²) in [6.45, 7) is 11.0. The predicted octanol–water partition coefficient (Wildman–Crippen LogP) is 5.12. The van der Waals surface area contributed by atoms with Gasteiger partial charge in [-0.2, -0.15) is 0 Å². The van der Waals surface area contributed by atoms with Crippen LogP contribution in [0.25, 0.3) is 5.70 Å². The minimum atomic E-state index is -0.185. The topological polar surface area (TPSA) is 40.1 Å². The van der Waals surface area contributed by atoms with Crippen molar-refractivity contribution in [1.82, 2.24) is 10.2 Å². The second-order valence-corrected chi connectivity index (χ2v) is 8.84. The molecule has 174 valence electrons. The molecule has 0 amide bonds. The Balaban J connectivity index is 1.26. The van der Waals surface area contributed by atoms with Gasteiger partial charge in [0.1, 0.15) is 17.4 Å². The van der Waals surface area contributed by atoms with E-state index in [1.54, 1.807) is 7.11 Å². The van der Waals surface area contributed by atoms with Crippen LogP contribution in [0.5, 0.6) is 5.75 Å². The number of anilines is 1. The average molecular weight is 457 g/mol. The van der Waals surface area contributed by atoms with Crippen molar-refractivity contribution in [3.63, 3.8) is 0 Å². The molecule has 1 fully saturated rings. The molecule has 3 aromatic carbocycles. The van der Waals surface area contributed by atoms with E-state index < -0.39 is 0 Å². The lowest BCUT2D eigenvalue weighted by Crippen LogP contribution is -2.46. The number of piperazine rings is 1. The molecule has 1 saturated heterocycles. The molecule has 0 atom stereocenters. The van der Waals surface area contributed by atoms with Crippen molar-refractivity contribution in [2.45, 2.75) is 13.5 Å². The minimum Gasteiger partial charge on any atom is -0.497 e. The lowest BCUT2D eigenvalue weighted by molar-refractivity contribution is 0.250. The highest BCUT2D eigenvalue weighted by Crippen LogP contribution is 2.35. The number of ether oxygens (including phenoxy) is 1. The number of methoxy groups -OCH3 is 1. The second-order valence-electron chi connectivity index (χ2n) is 8.84. The Bertz CT molecular complexity index is 1230. The largest absolute Gasteiger partial charge is 0.497 e. The molecular formula is C28H29FN4O. The lowest BCUT2D eigenvalue weighted by atomic mass is 10.0. The summed E-state index contributed by atoms with van der Waals surface area (Å²) in [6.07, 6.45) is 0. The Labute approximate surface area is 200 Å². The first-order chi connectivity index (χ1) is 16.5. The molecule has 2 heterocycles. The third kappa shape index (κ3) is 4.54. The summed E-state index contributed by atoms with van der Waals surface area (Å²) < 4.78 is 18.6. The Kier molecular flexibility index (Phi) is 6.07. The minimum absolute atomic E-state index is 0.185. The molecule has 5 rings (SSSR count). The summed E-state index contributed by atoms with van der Waals surface area (Å²) >= 11 is 0. The van der Waals surface area contributed by atoms with E-state index in [1.807, 2.05) is 31.2 Å². The van der Waals surface area contributed by atoms with E-state index in [0.29, 0.717) is 0 Å².